The summed E-state index contributed by atoms with van der Waals surface area (Å²) in [6.07, 6.45) is 1.94. The van der Waals surface area contributed by atoms with Crippen molar-refractivity contribution in [3.05, 3.63) is 64.7 Å². The molecule has 6 heteroatoms. The maximum atomic E-state index is 13.6. The van der Waals surface area contributed by atoms with Gasteiger partial charge in [-0.3, -0.25) is 9.59 Å². The number of rotatable bonds is 6. The van der Waals surface area contributed by atoms with Gasteiger partial charge in [0, 0.05) is 11.6 Å². The number of hydrogen-bond donors (Lipinski definition) is 2. The summed E-state index contributed by atoms with van der Waals surface area (Å²) >= 11 is 0. The van der Waals surface area contributed by atoms with Gasteiger partial charge in [0.2, 0.25) is 11.8 Å². The second-order valence-electron chi connectivity index (χ2n) is 7.64. The zero-order valence-corrected chi connectivity index (χ0v) is 18.1. The van der Waals surface area contributed by atoms with Crippen LogP contribution in [0.2, 0.25) is 0 Å². The van der Waals surface area contributed by atoms with Crippen molar-refractivity contribution in [1.82, 2.24) is 5.32 Å². The van der Waals surface area contributed by atoms with Crippen molar-refractivity contribution in [2.75, 3.05) is 11.9 Å². The van der Waals surface area contributed by atoms with Gasteiger partial charge in [-0.1, -0.05) is 36.4 Å². The summed E-state index contributed by atoms with van der Waals surface area (Å²) in [4.78, 5) is 27.2. The van der Waals surface area contributed by atoms with E-state index in [-0.39, 0.29) is 24.2 Å². The standard InChI is InChI=1S/C23H29N3O2.ClH/c1-15-7-6-8-16(2)19(15)14-26-21-10-5-4-9-17(21)11-12-18(23(26)28)13-20(25-3)22(24)27;/h4-10,18,20,25H,11-14H2,1-3H3,(H2,24,27);1H/t18-,20-;/m0./s1. The van der Waals surface area contributed by atoms with Gasteiger partial charge >= 0.3 is 0 Å². The molecule has 1 aliphatic heterocycles. The highest BCUT2D eigenvalue weighted by Crippen LogP contribution is 2.33. The number of carbonyl (C=O) groups excluding carboxylic acids is 2. The number of carbonyl (C=O) groups is 2. The van der Waals surface area contributed by atoms with E-state index in [1.165, 1.54) is 22.3 Å². The molecule has 0 aromatic heterocycles. The Hall–Kier alpha value is -2.37. The van der Waals surface area contributed by atoms with Crippen LogP contribution < -0.4 is 16.0 Å². The summed E-state index contributed by atoms with van der Waals surface area (Å²) in [5.74, 6) is -0.603. The number of halogens is 1. The maximum absolute atomic E-state index is 13.6. The molecule has 0 spiro atoms. The number of likely N-dealkylation sites (N-methyl/N-ethyl adjacent to an activating group) is 1. The summed E-state index contributed by atoms with van der Waals surface area (Å²) < 4.78 is 0. The van der Waals surface area contributed by atoms with Crippen LogP contribution in [0.3, 0.4) is 0 Å². The van der Waals surface area contributed by atoms with Crippen molar-refractivity contribution < 1.29 is 9.59 Å². The Bertz CT molecular complexity index is 864. The number of nitrogens with zero attached hydrogens (tertiary/aromatic N) is 1. The lowest BCUT2D eigenvalue weighted by molar-refractivity contribution is -0.124. The van der Waals surface area contributed by atoms with Gasteiger partial charge in [0.15, 0.2) is 0 Å². The average Bonchev–Trinajstić information content (AvgIpc) is 2.80. The second-order valence-corrected chi connectivity index (χ2v) is 7.64. The first-order valence-corrected chi connectivity index (χ1v) is 9.83. The Morgan fingerprint density at radius 2 is 1.83 bits per heavy atom. The summed E-state index contributed by atoms with van der Waals surface area (Å²) in [6, 6.07) is 13.8. The van der Waals surface area contributed by atoms with Gasteiger partial charge in [0.1, 0.15) is 0 Å². The fraction of sp³-hybridized carbons (Fsp3) is 0.391. The molecule has 2 amide bonds. The van der Waals surface area contributed by atoms with Crippen LogP contribution in [0.5, 0.6) is 0 Å². The smallest absolute Gasteiger partial charge is 0.234 e. The molecule has 2 aromatic carbocycles. The first-order chi connectivity index (χ1) is 13.4. The van der Waals surface area contributed by atoms with Crippen LogP contribution in [-0.4, -0.2) is 24.9 Å². The van der Waals surface area contributed by atoms with Gasteiger partial charge in [-0.2, -0.15) is 0 Å². The average molecular weight is 416 g/mol. The first kappa shape index (κ1) is 22.9. The zero-order chi connectivity index (χ0) is 20.3. The predicted octanol–water partition coefficient (Wildman–Crippen LogP) is 3.28. The lowest BCUT2D eigenvalue weighted by atomic mass is 9.93. The van der Waals surface area contributed by atoms with Crippen LogP contribution >= 0.6 is 12.4 Å². The molecule has 0 saturated heterocycles. The van der Waals surface area contributed by atoms with E-state index in [9.17, 15) is 9.59 Å². The van der Waals surface area contributed by atoms with E-state index in [2.05, 4.69) is 37.4 Å². The highest BCUT2D eigenvalue weighted by atomic mass is 35.5. The molecule has 0 radical (unpaired) electrons. The van der Waals surface area contributed by atoms with E-state index in [1.807, 2.05) is 29.2 Å². The fourth-order valence-corrected chi connectivity index (χ4v) is 4.08. The SMILES string of the molecule is CN[C@@H](C[C@@H]1CCc2ccccc2N(Cc2c(C)cccc2C)C1=O)C(N)=O.Cl. The number of amides is 2. The third kappa shape index (κ3) is 4.98. The predicted molar refractivity (Wildman–Crippen MR) is 119 cm³/mol. The minimum Gasteiger partial charge on any atom is -0.368 e. The molecular formula is C23H30ClN3O2. The molecule has 0 saturated carbocycles. The van der Waals surface area contributed by atoms with E-state index in [0.717, 1.165) is 12.1 Å². The molecule has 3 N–H and O–H groups in total. The Kier molecular flexibility index (Phi) is 7.82. The van der Waals surface area contributed by atoms with E-state index in [4.69, 9.17) is 5.73 Å². The molecule has 2 aromatic rings. The summed E-state index contributed by atoms with van der Waals surface area (Å²) in [7, 11) is 1.71. The van der Waals surface area contributed by atoms with Crippen molar-refractivity contribution in [3.8, 4) is 0 Å². The van der Waals surface area contributed by atoms with Gasteiger partial charge in [-0.05, 0) is 68.5 Å². The number of anilines is 1. The minimum atomic E-state index is -0.503. The Morgan fingerprint density at radius 3 is 2.45 bits per heavy atom. The van der Waals surface area contributed by atoms with Crippen LogP contribution in [-0.2, 0) is 22.6 Å². The van der Waals surface area contributed by atoms with Gasteiger partial charge in [0.25, 0.3) is 0 Å². The number of primary amides is 1. The zero-order valence-electron chi connectivity index (χ0n) is 17.3. The lowest BCUT2D eigenvalue weighted by Crippen LogP contribution is -2.44. The lowest BCUT2D eigenvalue weighted by Gasteiger charge is -2.28. The molecule has 0 aliphatic carbocycles. The fourth-order valence-electron chi connectivity index (χ4n) is 4.08. The monoisotopic (exact) mass is 415 g/mol. The van der Waals surface area contributed by atoms with Crippen LogP contribution in [0.1, 0.15) is 35.1 Å². The minimum absolute atomic E-state index is 0. The number of aryl methyl sites for hydroxylation is 3. The third-order valence-electron chi connectivity index (χ3n) is 5.83. The number of fused-ring (bicyclic) bond motifs is 1. The van der Waals surface area contributed by atoms with Crippen molar-refractivity contribution >= 4 is 29.9 Å². The molecule has 0 fully saturated rings. The molecule has 5 nitrogen and oxygen atoms in total. The van der Waals surface area contributed by atoms with Crippen LogP contribution in [0.15, 0.2) is 42.5 Å². The molecular weight excluding hydrogens is 386 g/mol. The van der Waals surface area contributed by atoms with Crippen LogP contribution in [0, 0.1) is 19.8 Å². The van der Waals surface area contributed by atoms with E-state index in [0.29, 0.717) is 19.4 Å². The molecule has 0 unspecified atom stereocenters. The van der Waals surface area contributed by atoms with Gasteiger partial charge in [-0.15, -0.1) is 12.4 Å². The van der Waals surface area contributed by atoms with Gasteiger partial charge < -0.3 is 16.0 Å². The number of nitrogens with two attached hydrogens (primary N) is 1. The van der Waals surface area contributed by atoms with E-state index < -0.39 is 11.9 Å². The number of hydrogen-bond acceptors (Lipinski definition) is 3. The molecule has 1 heterocycles. The number of para-hydroxylation sites is 1. The highest BCUT2D eigenvalue weighted by Gasteiger charge is 2.33. The maximum Gasteiger partial charge on any atom is 0.234 e. The van der Waals surface area contributed by atoms with E-state index >= 15 is 0 Å². The van der Waals surface area contributed by atoms with Crippen molar-refractivity contribution in [1.29, 1.82) is 0 Å². The second kappa shape index (κ2) is 9.90. The Balaban J connectivity index is 0.00000300. The topological polar surface area (TPSA) is 75.4 Å². The largest absolute Gasteiger partial charge is 0.368 e. The highest BCUT2D eigenvalue weighted by molar-refractivity contribution is 5.97. The van der Waals surface area contributed by atoms with Crippen molar-refractivity contribution in [3.63, 3.8) is 0 Å². The third-order valence-corrected chi connectivity index (χ3v) is 5.83. The quantitative estimate of drug-likeness (QED) is 0.760. The molecule has 2 atom stereocenters. The molecule has 29 heavy (non-hydrogen) atoms. The summed E-state index contributed by atoms with van der Waals surface area (Å²) in [5.41, 5.74) is 11.2. The molecule has 3 rings (SSSR count). The molecule has 0 bridgehead atoms. The Morgan fingerprint density at radius 1 is 1.17 bits per heavy atom. The summed E-state index contributed by atoms with van der Waals surface area (Å²) in [6.45, 7) is 4.70. The van der Waals surface area contributed by atoms with E-state index in [1.54, 1.807) is 7.05 Å². The first-order valence-electron chi connectivity index (χ1n) is 9.83. The normalized spacial score (nSPS) is 17.1. The number of benzene rings is 2. The molecule has 156 valence electrons. The molecule has 1 aliphatic rings. The number of nitrogens with one attached hydrogen (secondary N) is 1. The van der Waals surface area contributed by atoms with Crippen LogP contribution in [0.4, 0.5) is 5.69 Å². The summed E-state index contributed by atoms with van der Waals surface area (Å²) in [5, 5.41) is 2.95. The van der Waals surface area contributed by atoms with Gasteiger partial charge in [0.05, 0.1) is 12.6 Å². The van der Waals surface area contributed by atoms with Crippen molar-refractivity contribution in [2.45, 2.75) is 45.7 Å². The van der Waals surface area contributed by atoms with Crippen LogP contribution in [0.25, 0.3) is 0 Å². The van der Waals surface area contributed by atoms with Crippen molar-refractivity contribution in [2.24, 2.45) is 11.7 Å². The Labute approximate surface area is 179 Å². The van der Waals surface area contributed by atoms with Gasteiger partial charge in [-0.25, -0.2) is 0 Å².